The first-order valence-corrected chi connectivity index (χ1v) is 9.65. The molecular weight excluding hydrogens is 370 g/mol. The fourth-order valence-electron chi connectivity index (χ4n) is 2.88. The van der Waals surface area contributed by atoms with Crippen LogP contribution in [0.15, 0.2) is 12.3 Å². The van der Waals surface area contributed by atoms with Gasteiger partial charge in [0.25, 0.3) is 0 Å². The molecule has 10 heteroatoms. The Kier molecular flexibility index (Phi) is 7.04. The van der Waals surface area contributed by atoms with Crippen LogP contribution in [0, 0.1) is 0 Å². The number of hydrogen-bond acceptors (Lipinski definition) is 6. The number of aryl methyl sites for hydroxylation is 1. The van der Waals surface area contributed by atoms with Crippen LogP contribution in [-0.2, 0) is 26.4 Å². The lowest BCUT2D eigenvalue weighted by atomic mass is 9.96. The van der Waals surface area contributed by atoms with E-state index in [4.69, 9.17) is 4.74 Å². The predicted molar refractivity (Wildman–Crippen MR) is 96.9 cm³/mol. The monoisotopic (exact) mass is 393 g/mol. The lowest BCUT2D eigenvalue weighted by molar-refractivity contribution is -0.119. The standard InChI is InChI=1S/C15H23N3O5S.ClH/c1-4-23-13(19)12-9-11(10-18(12)2)17-14(20)15(24(3,21)22)5-7-16-8-6-15;/h9-10,16H,4-8H2,1-3H3,(H,17,20);1H. The summed E-state index contributed by atoms with van der Waals surface area (Å²) in [6.45, 7) is 2.87. The molecule has 1 aromatic heterocycles. The van der Waals surface area contributed by atoms with Gasteiger partial charge in [-0.05, 0) is 38.9 Å². The minimum atomic E-state index is -3.59. The van der Waals surface area contributed by atoms with Crippen molar-refractivity contribution in [2.45, 2.75) is 24.5 Å². The Bertz CT molecular complexity index is 738. The van der Waals surface area contributed by atoms with Crippen LogP contribution in [0.2, 0.25) is 0 Å². The van der Waals surface area contributed by atoms with E-state index in [0.29, 0.717) is 18.8 Å². The van der Waals surface area contributed by atoms with E-state index in [0.717, 1.165) is 6.26 Å². The molecule has 2 heterocycles. The van der Waals surface area contributed by atoms with Gasteiger partial charge >= 0.3 is 5.97 Å². The van der Waals surface area contributed by atoms with Crippen LogP contribution in [0.4, 0.5) is 5.69 Å². The molecule has 8 nitrogen and oxygen atoms in total. The number of nitrogens with one attached hydrogen (secondary N) is 2. The molecule has 1 saturated heterocycles. The summed E-state index contributed by atoms with van der Waals surface area (Å²) in [6, 6.07) is 1.48. The van der Waals surface area contributed by atoms with Crippen LogP contribution in [0.1, 0.15) is 30.3 Å². The highest BCUT2D eigenvalue weighted by Gasteiger charge is 2.48. The van der Waals surface area contributed by atoms with Crippen LogP contribution < -0.4 is 10.6 Å². The number of anilines is 1. The quantitative estimate of drug-likeness (QED) is 0.714. The number of ether oxygens (including phenoxy) is 1. The van der Waals surface area contributed by atoms with Crippen molar-refractivity contribution in [3.05, 3.63) is 18.0 Å². The number of rotatable bonds is 5. The van der Waals surface area contributed by atoms with Crippen molar-refractivity contribution in [3.8, 4) is 0 Å². The van der Waals surface area contributed by atoms with Crippen molar-refractivity contribution in [1.82, 2.24) is 9.88 Å². The second-order valence-corrected chi connectivity index (χ2v) is 8.24. The Hall–Kier alpha value is -1.58. The molecule has 1 fully saturated rings. The van der Waals surface area contributed by atoms with Crippen LogP contribution in [0.25, 0.3) is 0 Å². The fourth-order valence-corrected chi connectivity index (χ4v) is 4.22. The maximum atomic E-state index is 12.7. The molecule has 2 N–H and O–H groups in total. The minimum absolute atomic E-state index is 0. The molecule has 1 aliphatic heterocycles. The number of carbonyl (C=O) groups is 2. The normalized spacial score (nSPS) is 16.6. The van der Waals surface area contributed by atoms with Crippen molar-refractivity contribution in [1.29, 1.82) is 0 Å². The minimum Gasteiger partial charge on any atom is -0.461 e. The van der Waals surface area contributed by atoms with E-state index in [9.17, 15) is 18.0 Å². The SMILES string of the molecule is CCOC(=O)c1cc(NC(=O)C2(S(C)(=O)=O)CCNCC2)cn1C.Cl. The number of esters is 1. The van der Waals surface area contributed by atoms with Gasteiger partial charge in [-0.3, -0.25) is 4.79 Å². The summed E-state index contributed by atoms with van der Waals surface area (Å²) in [5.41, 5.74) is 0.651. The zero-order chi connectivity index (χ0) is 18.0. The molecule has 0 aromatic carbocycles. The summed E-state index contributed by atoms with van der Waals surface area (Å²) in [5.74, 6) is -1.06. The fraction of sp³-hybridized carbons (Fsp3) is 0.600. The first kappa shape index (κ1) is 21.5. The summed E-state index contributed by atoms with van der Waals surface area (Å²) >= 11 is 0. The largest absolute Gasteiger partial charge is 0.461 e. The summed E-state index contributed by atoms with van der Waals surface area (Å²) in [4.78, 5) is 24.5. The summed E-state index contributed by atoms with van der Waals surface area (Å²) < 4.78 is 29.5. The Balaban J connectivity index is 0.00000312. The molecule has 0 radical (unpaired) electrons. The number of amides is 1. The van der Waals surface area contributed by atoms with Crippen molar-refractivity contribution in [3.63, 3.8) is 0 Å². The smallest absolute Gasteiger partial charge is 0.355 e. The van der Waals surface area contributed by atoms with E-state index >= 15 is 0 Å². The topological polar surface area (TPSA) is 106 Å². The number of halogens is 1. The van der Waals surface area contributed by atoms with E-state index < -0.39 is 26.5 Å². The first-order valence-electron chi connectivity index (χ1n) is 7.76. The van der Waals surface area contributed by atoms with Gasteiger partial charge in [0.05, 0.1) is 12.3 Å². The van der Waals surface area contributed by atoms with E-state index in [2.05, 4.69) is 10.6 Å². The molecule has 0 unspecified atom stereocenters. The number of sulfone groups is 1. The molecule has 0 aliphatic carbocycles. The van der Waals surface area contributed by atoms with Crippen LogP contribution in [0.5, 0.6) is 0 Å². The second-order valence-electron chi connectivity index (χ2n) is 5.92. The average molecular weight is 394 g/mol. The second kappa shape index (κ2) is 8.20. The molecule has 25 heavy (non-hydrogen) atoms. The Morgan fingerprint density at radius 2 is 1.96 bits per heavy atom. The molecule has 1 aliphatic rings. The molecule has 0 bridgehead atoms. The van der Waals surface area contributed by atoms with Crippen LogP contribution in [0.3, 0.4) is 0 Å². The van der Waals surface area contributed by atoms with Crippen molar-refractivity contribution in [2.24, 2.45) is 7.05 Å². The zero-order valence-electron chi connectivity index (χ0n) is 14.5. The molecule has 0 saturated carbocycles. The number of carbonyl (C=O) groups excluding carboxylic acids is 2. The van der Waals surface area contributed by atoms with Gasteiger partial charge in [0, 0.05) is 19.5 Å². The van der Waals surface area contributed by atoms with Crippen molar-refractivity contribution >= 4 is 39.8 Å². The van der Waals surface area contributed by atoms with Gasteiger partial charge in [-0.25, -0.2) is 13.2 Å². The van der Waals surface area contributed by atoms with Gasteiger partial charge in [0.1, 0.15) is 5.69 Å². The van der Waals surface area contributed by atoms with Gasteiger partial charge in [-0.1, -0.05) is 0 Å². The average Bonchev–Trinajstić information content (AvgIpc) is 2.87. The van der Waals surface area contributed by atoms with E-state index in [1.165, 1.54) is 10.6 Å². The first-order chi connectivity index (χ1) is 11.2. The van der Waals surface area contributed by atoms with Gasteiger partial charge < -0.3 is 19.9 Å². The number of hydrogen-bond donors (Lipinski definition) is 2. The number of piperidine rings is 1. The number of aromatic nitrogens is 1. The van der Waals surface area contributed by atoms with Crippen molar-refractivity contribution in [2.75, 3.05) is 31.3 Å². The summed E-state index contributed by atoms with van der Waals surface area (Å²) in [7, 11) is -1.93. The van der Waals surface area contributed by atoms with E-state index in [1.54, 1.807) is 20.2 Å². The van der Waals surface area contributed by atoms with Gasteiger partial charge in [-0.15, -0.1) is 12.4 Å². The maximum Gasteiger partial charge on any atom is 0.355 e. The van der Waals surface area contributed by atoms with Gasteiger partial charge in [0.2, 0.25) is 5.91 Å². The molecule has 0 atom stereocenters. The third kappa shape index (κ3) is 4.34. The van der Waals surface area contributed by atoms with Crippen LogP contribution >= 0.6 is 12.4 Å². The van der Waals surface area contributed by atoms with Crippen LogP contribution in [-0.4, -0.2) is 55.6 Å². The maximum absolute atomic E-state index is 12.7. The lowest BCUT2D eigenvalue weighted by Crippen LogP contribution is -2.55. The predicted octanol–water partition coefficient (Wildman–Crippen LogP) is 0.729. The highest BCUT2D eigenvalue weighted by Crippen LogP contribution is 2.29. The molecule has 2 rings (SSSR count). The molecule has 1 amide bonds. The summed E-state index contributed by atoms with van der Waals surface area (Å²) in [5, 5.41) is 5.71. The highest BCUT2D eigenvalue weighted by atomic mass is 35.5. The Morgan fingerprint density at radius 1 is 1.36 bits per heavy atom. The molecule has 142 valence electrons. The van der Waals surface area contributed by atoms with Gasteiger partial charge in [-0.2, -0.15) is 0 Å². The third-order valence-corrected chi connectivity index (χ3v) is 6.30. The third-order valence-electron chi connectivity index (χ3n) is 4.28. The van der Waals surface area contributed by atoms with Gasteiger partial charge in [0.15, 0.2) is 14.6 Å². The lowest BCUT2D eigenvalue weighted by Gasteiger charge is -2.34. The Morgan fingerprint density at radius 3 is 2.48 bits per heavy atom. The zero-order valence-corrected chi connectivity index (χ0v) is 16.1. The molecule has 1 aromatic rings. The molecular formula is C15H24ClN3O5S. The van der Waals surface area contributed by atoms with Crippen molar-refractivity contribution < 1.29 is 22.7 Å². The van der Waals surface area contributed by atoms with E-state index in [-0.39, 0.29) is 37.5 Å². The Labute approximate surface area is 153 Å². The highest BCUT2D eigenvalue weighted by molar-refractivity contribution is 7.92. The molecule has 0 spiro atoms. The van der Waals surface area contributed by atoms with E-state index in [1.807, 2.05) is 0 Å². The summed E-state index contributed by atoms with van der Waals surface area (Å²) in [6.07, 6.45) is 3.08. The number of nitrogens with zero attached hydrogens (tertiary/aromatic N) is 1.